The number of nitrogens with zero attached hydrogens (tertiary/aromatic N) is 2. The average Bonchev–Trinajstić information content (AvgIpc) is 3.01. The second kappa shape index (κ2) is 8.20. The van der Waals surface area contributed by atoms with Gasteiger partial charge in [0.05, 0.1) is 24.1 Å². The maximum Gasteiger partial charge on any atom is 0.319 e. The van der Waals surface area contributed by atoms with Crippen molar-refractivity contribution in [3.8, 4) is 0 Å². The summed E-state index contributed by atoms with van der Waals surface area (Å²) in [6, 6.07) is 0.880. The summed E-state index contributed by atoms with van der Waals surface area (Å²) in [5.41, 5.74) is 0.901. The third-order valence-corrected chi connectivity index (χ3v) is 5.61. The normalized spacial score (nSPS) is 19.3. The SMILES string of the molecule is Cc1c([C@@H](NC(=O)Nc2cnc(C3CC(F)C3)nc2)C(C)C)oc2c(F)cc(F)cc12. The van der Waals surface area contributed by atoms with Crippen molar-refractivity contribution in [1.82, 2.24) is 15.3 Å². The molecule has 6 nitrogen and oxygen atoms in total. The maximum atomic E-state index is 14.1. The Bertz CT molecular complexity index is 1110. The van der Waals surface area contributed by atoms with Gasteiger partial charge in [-0.3, -0.25) is 0 Å². The minimum absolute atomic E-state index is 0.0180. The summed E-state index contributed by atoms with van der Waals surface area (Å²) in [5.74, 6) is -0.638. The second-order valence-corrected chi connectivity index (χ2v) is 8.27. The molecule has 1 fully saturated rings. The molecule has 0 bridgehead atoms. The van der Waals surface area contributed by atoms with Crippen LogP contribution in [0.1, 0.15) is 55.8 Å². The Balaban J connectivity index is 1.50. The Morgan fingerprint density at radius 3 is 2.48 bits per heavy atom. The third-order valence-electron chi connectivity index (χ3n) is 5.61. The molecule has 2 amide bonds. The van der Waals surface area contributed by atoms with Crippen molar-refractivity contribution < 1.29 is 22.4 Å². The highest BCUT2D eigenvalue weighted by Gasteiger charge is 2.32. The minimum atomic E-state index is -0.795. The molecule has 1 aromatic carbocycles. The van der Waals surface area contributed by atoms with Crippen molar-refractivity contribution in [2.45, 2.75) is 51.7 Å². The number of carbonyl (C=O) groups is 1. The summed E-state index contributed by atoms with van der Waals surface area (Å²) in [6.45, 7) is 5.45. The number of fused-ring (bicyclic) bond motifs is 1. The molecule has 1 atom stereocenters. The zero-order valence-electron chi connectivity index (χ0n) is 17.4. The highest BCUT2D eigenvalue weighted by Crippen LogP contribution is 2.37. The van der Waals surface area contributed by atoms with Crippen LogP contribution >= 0.6 is 0 Å². The summed E-state index contributed by atoms with van der Waals surface area (Å²) in [5, 5.41) is 5.80. The van der Waals surface area contributed by atoms with E-state index in [0.717, 1.165) is 6.07 Å². The number of carbonyl (C=O) groups excluding carboxylic acids is 1. The van der Waals surface area contributed by atoms with E-state index in [-0.39, 0.29) is 17.4 Å². The summed E-state index contributed by atoms with van der Waals surface area (Å²) in [4.78, 5) is 21.0. The van der Waals surface area contributed by atoms with Gasteiger partial charge in [-0.25, -0.2) is 27.9 Å². The first kappa shape index (κ1) is 21.1. The molecule has 1 saturated carbocycles. The zero-order chi connectivity index (χ0) is 22.3. The van der Waals surface area contributed by atoms with Crippen molar-refractivity contribution >= 4 is 22.7 Å². The number of furan rings is 1. The van der Waals surface area contributed by atoms with Crippen LogP contribution in [0, 0.1) is 24.5 Å². The predicted molar refractivity (Wildman–Crippen MR) is 110 cm³/mol. The minimum Gasteiger partial charge on any atom is -0.455 e. The summed E-state index contributed by atoms with van der Waals surface area (Å²) >= 11 is 0. The second-order valence-electron chi connectivity index (χ2n) is 8.27. The lowest BCUT2D eigenvalue weighted by atomic mass is 9.83. The van der Waals surface area contributed by atoms with Gasteiger partial charge in [-0.05, 0) is 31.7 Å². The van der Waals surface area contributed by atoms with E-state index in [1.807, 2.05) is 13.8 Å². The first-order valence-corrected chi connectivity index (χ1v) is 10.1. The van der Waals surface area contributed by atoms with Gasteiger partial charge in [0.15, 0.2) is 11.4 Å². The first-order valence-electron chi connectivity index (χ1n) is 10.1. The molecule has 31 heavy (non-hydrogen) atoms. The molecule has 0 unspecified atom stereocenters. The molecule has 3 aromatic rings. The number of rotatable bonds is 5. The fourth-order valence-corrected chi connectivity index (χ4v) is 3.77. The molecular formula is C22H23F3N4O2. The van der Waals surface area contributed by atoms with E-state index in [0.29, 0.717) is 41.1 Å². The number of hydrogen-bond donors (Lipinski definition) is 2. The maximum absolute atomic E-state index is 14.1. The molecule has 2 heterocycles. The number of anilines is 1. The third kappa shape index (κ3) is 4.22. The topological polar surface area (TPSA) is 80.0 Å². The molecule has 1 aliphatic carbocycles. The molecule has 0 aliphatic heterocycles. The van der Waals surface area contributed by atoms with E-state index >= 15 is 0 Å². The number of benzene rings is 1. The highest BCUT2D eigenvalue weighted by molar-refractivity contribution is 5.89. The van der Waals surface area contributed by atoms with Crippen LogP contribution in [0.3, 0.4) is 0 Å². The number of hydrogen-bond acceptors (Lipinski definition) is 4. The molecule has 2 aromatic heterocycles. The van der Waals surface area contributed by atoms with Gasteiger partial charge in [0.2, 0.25) is 0 Å². The van der Waals surface area contributed by atoms with Gasteiger partial charge in [-0.1, -0.05) is 13.8 Å². The number of aryl methyl sites for hydroxylation is 1. The summed E-state index contributed by atoms with van der Waals surface area (Å²) in [7, 11) is 0. The Labute approximate surface area is 177 Å². The van der Waals surface area contributed by atoms with Crippen molar-refractivity contribution in [2.24, 2.45) is 5.92 Å². The lowest BCUT2D eigenvalue weighted by Gasteiger charge is -2.28. The Kier molecular flexibility index (Phi) is 5.60. The molecule has 0 saturated heterocycles. The van der Waals surface area contributed by atoms with Crippen LogP contribution in [0.4, 0.5) is 23.7 Å². The largest absolute Gasteiger partial charge is 0.455 e. The first-order chi connectivity index (χ1) is 14.7. The van der Waals surface area contributed by atoms with Crippen molar-refractivity contribution in [3.63, 3.8) is 0 Å². The molecule has 0 spiro atoms. The van der Waals surface area contributed by atoms with Gasteiger partial charge in [0.1, 0.15) is 23.6 Å². The quantitative estimate of drug-likeness (QED) is 0.554. The molecule has 0 radical (unpaired) electrons. The highest BCUT2D eigenvalue weighted by atomic mass is 19.1. The Hall–Kier alpha value is -3.10. The predicted octanol–water partition coefficient (Wildman–Crippen LogP) is 5.54. The van der Waals surface area contributed by atoms with Crippen LogP contribution in [0.25, 0.3) is 11.0 Å². The number of halogens is 3. The number of amides is 2. The van der Waals surface area contributed by atoms with Gasteiger partial charge >= 0.3 is 6.03 Å². The summed E-state index contributed by atoms with van der Waals surface area (Å²) in [6.07, 6.45) is 3.00. The van der Waals surface area contributed by atoms with Crippen LogP contribution < -0.4 is 10.6 Å². The number of aromatic nitrogens is 2. The van der Waals surface area contributed by atoms with Crippen LogP contribution in [-0.2, 0) is 0 Å². The summed E-state index contributed by atoms with van der Waals surface area (Å²) < 4.78 is 46.4. The van der Waals surface area contributed by atoms with Crippen molar-refractivity contribution in [2.75, 3.05) is 5.32 Å². The molecule has 9 heteroatoms. The van der Waals surface area contributed by atoms with Crippen LogP contribution in [0.15, 0.2) is 28.9 Å². The fourth-order valence-electron chi connectivity index (χ4n) is 3.77. The van der Waals surface area contributed by atoms with Gasteiger partial charge in [0.25, 0.3) is 0 Å². The van der Waals surface area contributed by atoms with Crippen LogP contribution in [0.5, 0.6) is 0 Å². The molecular weight excluding hydrogens is 409 g/mol. The van der Waals surface area contributed by atoms with E-state index in [9.17, 15) is 18.0 Å². The number of nitrogens with one attached hydrogen (secondary N) is 2. The Morgan fingerprint density at radius 1 is 1.19 bits per heavy atom. The van der Waals surface area contributed by atoms with E-state index in [1.165, 1.54) is 18.5 Å². The number of alkyl halides is 1. The van der Waals surface area contributed by atoms with Gasteiger partial charge in [0, 0.05) is 22.9 Å². The van der Waals surface area contributed by atoms with E-state index in [1.54, 1.807) is 6.92 Å². The Morgan fingerprint density at radius 2 is 1.87 bits per heavy atom. The zero-order valence-corrected chi connectivity index (χ0v) is 17.4. The fraction of sp³-hybridized carbons (Fsp3) is 0.409. The standard InChI is InChI=1S/C22H23F3N4O2/c1-10(2)18(19-11(3)16-6-14(24)7-17(25)20(16)31-19)29-22(30)28-15-8-26-21(27-9-15)12-4-13(23)5-12/h6-10,12-13,18H,4-5H2,1-3H3,(H2,28,29,30)/t12?,13?,18-/m0/s1. The van der Waals surface area contributed by atoms with Crippen molar-refractivity contribution in [1.29, 1.82) is 0 Å². The molecule has 2 N–H and O–H groups in total. The van der Waals surface area contributed by atoms with Crippen LogP contribution in [-0.4, -0.2) is 22.2 Å². The lowest BCUT2D eigenvalue weighted by molar-refractivity contribution is 0.174. The van der Waals surface area contributed by atoms with E-state index < -0.39 is 29.9 Å². The van der Waals surface area contributed by atoms with Gasteiger partial charge < -0.3 is 15.1 Å². The smallest absolute Gasteiger partial charge is 0.319 e. The average molecular weight is 432 g/mol. The van der Waals surface area contributed by atoms with E-state index in [4.69, 9.17) is 4.42 Å². The van der Waals surface area contributed by atoms with Crippen LogP contribution in [0.2, 0.25) is 0 Å². The van der Waals surface area contributed by atoms with Crippen molar-refractivity contribution in [3.05, 3.63) is 53.3 Å². The van der Waals surface area contributed by atoms with E-state index in [2.05, 4.69) is 20.6 Å². The lowest BCUT2D eigenvalue weighted by Crippen LogP contribution is -2.35. The molecule has 4 rings (SSSR count). The van der Waals surface area contributed by atoms with Gasteiger partial charge in [-0.2, -0.15) is 0 Å². The molecule has 1 aliphatic rings. The van der Waals surface area contributed by atoms with Gasteiger partial charge in [-0.15, -0.1) is 0 Å². The molecule has 164 valence electrons. The number of urea groups is 1. The monoisotopic (exact) mass is 432 g/mol.